The van der Waals surface area contributed by atoms with E-state index in [1.54, 1.807) is 28.9 Å². The zero-order valence-electron chi connectivity index (χ0n) is 15.4. The number of ether oxygens (including phenoxy) is 1. The van der Waals surface area contributed by atoms with Crippen molar-refractivity contribution < 1.29 is 9.13 Å². The van der Waals surface area contributed by atoms with E-state index in [-0.39, 0.29) is 23.3 Å². The van der Waals surface area contributed by atoms with Crippen LogP contribution in [0, 0.1) is 5.95 Å². The number of rotatable bonds is 4. The maximum absolute atomic E-state index is 15.0. The van der Waals surface area contributed by atoms with Crippen LogP contribution in [-0.2, 0) is 0 Å². The summed E-state index contributed by atoms with van der Waals surface area (Å²) in [6.07, 6.45) is 2.30. The molecule has 0 spiro atoms. The number of nitrogens with zero attached hydrogens (tertiary/aromatic N) is 5. The lowest BCUT2D eigenvalue weighted by Gasteiger charge is -2.09. The van der Waals surface area contributed by atoms with Gasteiger partial charge in [0.2, 0.25) is 11.8 Å². The number of halogens is 1. The average molecular weight is 391 g/mol. The summed E-state index contributed by atoms with van der Waals surface area (Å²) < 4.78 is 22.4. The lowest BCUT2D eigenvalue weighted by atomic mass is 10.1. The van der Waals surface area contributed by atoms with E-state index in [2.05, 4.69) is 25.4 Å². The molecule has 0 amide bonds. The van der Waals surface area contributed by atoms with Crippen molar-refractivity contribution in [1.29, 1.82) is 0 Å². The summed E-state index contributed by atoms with van der Waals surface area (Å²) in [4.78, 5) is 12.4. The number of para-hydroxylation sites is 1. The van der Waals surface area contributed by atoms with Gasteiger partial charge in [0.1, 0.15) is 23.6 Å². The molecule has 1 aliphatic rings. The van der Waals surface area contributed by atoms with Gasteiger partial charge in [-0.25, -0.2) is 14.6 Å². The van der Waals surface area contributed by atoms with E-state index in [4.69, 9.17) is 10.5 Å². The maximum Gasteiger partial charge on any atom is 0.225 e. The third-order valence-corrected chi connectivity index (χ3v) is 4.94. The zero-order chi connectivity index (χ0) is 19.8. The molecule has 0 radical (unpaired) electrons. The largest absolute Gasteiger partial charge is 0.439 e. The first kappa shape index (κ1) is 17.5. The van der Waals surface area contributed by atoms with E-state index >= 15 is 0 Å². The first-order valence-corrected chi connectivity index (χ1v) is 9.30. The zero-order valence-corrected chi connectivity index (χ0v) is 15.4. The summed E-state index contributed by atoms with van der Waals surface area (Å²) in [7, 11) is 0. The summed E-state index contributed by atoms with van der Waals surface area (Å²) in [5, 5.41) is 8.48. The summed E-state index contributed by atoms with van der Waals surface area (Å²) in [6.45, 7) is 1.66. The van der Waals surface area contributed by atoms with Crippen LogP contribution in [0.2, 0.25) is 0 Å². The Morgan fingerprint density at radius 3 is 2.76 bits per heavy atom. The van der Waals surface area contributed by atoms with Gasteiger partial charge in [0, 0.05) is 12.6 Å². The number of hydrogen-bond acceptors (Lipinski definition) is 7. The molecular weight excluding hydrogens is 373 g/mol. The molecule has 1 aromatic carbocycles. The summed E-state index contributed by atoms with van der Waals surface area (Å²) >= 11 is 0. The highest BCUT2D eigenvalue weighted by molar-refractivity contribution is 5.98. The first-order valence-electron chi connectivity index (χ1n) is 9.30. The van der Waals surface area contributed by atoms with Crippen LogP contribution in [0.4, 0.5) is 10.2 Å². The van der Waals surface area contributed by atoms with Crippen molar-refractivity contribution in [3.05, 3.63) is 54.7 Å². The van der Waals surface area contributed by atoms with Gasteiger partial charge in [0.25, 0.3) is 0 Å². The fourth-order valence-corrected chi connectivity index (χ4v) is 3.55. The molecule has 0 saturated carbocycles. The number of anilines is 1. The smallest absolute Gasteiger partial charge is 0.225 e. The van der Waals surface area contributed by atoms with Crippen LogP contribution in [0.3, 0.4) is 0 Å². The Hall–Kier alpha value is -3.59. The number of aromatic nitrogens is 5. The van der Waals surface area contributed by atoms with E-state index in [0.717, 1.165) is 19.5 Å². The molecule has 0 bridgehead atoms. The molecule has 4 aromatic rings. The van der Waals surface area contributed by atoms with Gasteiger partial charge in [0.15, 0.2) is 5.65 Å². The van der Waals surface area contributed by atoms with E-state index in [1.807, 2.05) is 18.2 Å². The number of nitrogen functional groups attached to an aromatic ring is 1. The SMILES string of the molecule is Nc1ncnc2c1c(-c1ccc(Oc3ccccc3)nc1F)nn2[C@H]1CCNC1. The van der Waals surface area contributed by atoms with Gasteiger partial charge in [-0.05, 0) is 31.2 Å². The van der Waals surface area contributed by atoms with E-state index in [9.17, 15) is 4.39 Å². The molecule has 5 rings (SSSR count). The monoisotopic (exact) mass is 391 g/mol. The summed E-state index contributed by atoms with van der Waals surface area (Å²) in [5.74, 6) is 0.294. The molecule has 0 aliphatic carbocycles. The quantitative estimate of drug-likeness (QED) is 0.516. The Kier molecular flexibility index (Phi) is 4.28. The standard InChI is InChI=1S/C20H18FN7O/c21-18-14(6-7-15(26-18)29-13-4-2-1-3-5-13)17-16-19(22)24-11-25-20(16)28(27-17)12-8-9-23-10-12/h1-7,11-12,23H,8-10H2,(H2,22,24,25)/t12-/m0/s1. The highest BCUT2D eigenvalue weighted by Gasteiger charge is 2.26. The van der Waals surface area contributed by atoms with Gasteiger partial charge in [-0.15, -0.1) is 0 Å². The van der Waals surface area contributed by atoms with Gasteiger partial charge in [0.05, 0.1) is 17.0 Å². The molecule has 3 aromatic heterocycles. The minimum absolute atomic E-state index is 0.122. The number of nitrogens with two attached hydrogens (primary N) is 1. The van der Waals surface area contributed by atoms with E-state index in [1.165, 1.54) is 6.33 Å². The summed E-state index contributed by atoms with van der Waals surface area (Å²) in [6, 6.07) is 12.4. The topological polar surface area (TPSA) is 104 Å². The number of hydrogen-bond donors (Lipinski definition) is 2. The first-order chi connectivity index (χ1) is 14.2. The maximum atomic E-state index is 15.0. The van der Waals surface area contributed by atoms with Crippen LogP contribution >= 0.6 is 0 Å². The molecule has 8 nitrogen and oxygen atoms in total. The minimum atomic E-state index is -0.696. The van der Waals surface area contributed by atoms with Crippen LogP contribution < -0.4 is 15.8 Å². The van der Waals surface area contributed by atoms with Crippen LogP contribution in [-0.4, -0.2) is 37.8 Å². The van der Waals surface area contributed by atoms with Crippen LogP contribution in [0.1, 0.15) is 12.5 Å². The van der Waals surface area contributed by atoms with Crippen LogP contribution in [0.15, 0.2) is 48.8 Å². The second-order valence-corrected chi connectivity index (χ2v) is 6.80. The predicted octanol–water partition coefficient (Wildman–Crippen LogP) is 2.94. The van der Waals surface area contributed by atoms with Crippen molar-refractivity contribution in [3.63, 3.8) is 0 Å². The van der Waals surface area contributed by atoms with Crippen molar-refractivity contribution in [3.8, 4) is 22.9 Å². The molecule has 9 heteroatoms. The Labute approximate surface area is 165 Å². The number of benzene rings is 1. The molecule has 29 heavy (non-hydrogen) atoms. The molecule has 146 valence electrons. The van der Waals surface area contributed by atoms with Crippen molar-refractivity contribution in [2.45, 2.75) is 12.5 Å². The Morgan fingerprint density at radius 1 is 1.14 bits per heavy atom. The van der Waals surface area contributed by atoms with Gasteiger partial charge in [-0.2, -0.15) is 14.5 Å². The molecule has 1 saturated heterocycles. The molecule has 1 fully saturated rings. The lowest BCUT2D eigenvalue weighted by molar-refractivity contribution is 0.446. The summed E-state index contributed by atoms with van der Waals surface area (Å²) in [5.41, 5.74) is 7.29. The Morgan fingerprint density at radius 2 is 2.00 bits per heavy atom. The van der Waals surface area contributed by atoms with E-state index < -0.39 is 5.95 Å². The molecule has 3 N–H and O–H groups in total. The normalized spacial score (nSPS) is 16.4. The van der Waals surface area contributed by atoms with Crippen molar-refractivity contribution >= 4 is 16.9 Å². The van der Waals surface area contributed by atoms with Gasteiger partial charge in [-0.1, -0.05) is 18.2 Å². The van der Waals surface area contributed by atoms with Crippen LogP contribution in [0.25, 0.3) is 22.3 Å². The van der Waals surface area contributed by atoms with E-state index in [0.29, 0.717) is 22.5 Å². The van der Waals surface area contributed by atoms with Gasteiger partial charge < -0.3 is 15.8 Å². The Balaban J connectivity index is 1.58. The third-order valence-electron chi connectivity index (χ3n) is 4.94. The molecule has 1 atom stereocenters. The fraction of sp³-hybridized carbons (Fsp3) is 0.200. The molecular formula is C20H18FN7O. The third kappa shape index (κ3) is 3.15. The van der Waals surface area contributed by atoms with Crippen LogP contribution in [0.5, 0.6) is 11.6 Å². The predicted molar refractivity (Wildman–Crippen MR) is 106 cm³/mol. The molecule has 4 heterocycles. The average Bonchev–Trinajstić information content (AvgIpc) is 3.37. The number of nitrogens with one attached hydrogen (secondary N) is 1. The van der Waals surface area contributed by atoms with Crippen molar-refractivity contribution in [1.82, 2.24) is 30.0 Å². The molecule has 1 aliphatic heterocycles. The highest BCUT2D eigenvalue weighted by Crippen LogP contribution is 2.34. The fourth-order valence-electron chi connectivity index (χ4n) is 3.55. The second kappa shape index (κ2) is 7.10. The minimum Gasteiger partial charge on any atom is -0.439 e. The second-order valence-electron chi connectivity index (χ2n) is 6.80. The Bertz CT molecular complexity index is 1170. The number of pyridine rings is 1. The molecule has 0 unspecified atom stereocenters. The highest BCUT2D eigenvalue weighted by atomic mass is 19.1. The van der Waals surface area contributed by atoms with Crippen molar-refractivity contribution in [2.75, 3.05) is 18.8 Å². The van der Waals surface area contributed by atoms with Gasteiger partial charge in [-0.3, -0.25) is 0 Å². The van der Waals surface area contributed by atoms with Crippen molar-refractivity contribution in [2.24, 2.45) is 0 Å². The van der Waals surface area contributed by atoms with Gasteiger partial charge >= 0.3 is 0 Å². The lowest BCUT2D eigenvalue weighted by Crippen LogP contribution is -2.15. The number of fused-ring (bicyclic) bond motifs is 1.